The summed E-state index contributed by atoms with van der Waals surface area (Å²) >= 11 is 0. The maximum atomic E-state index is 10.7. The highest BCUT2D eigenvalue weighted by Gasteiger charge is 2.37. The molecule has 0 aromatic carbocycles. The largest absolute Gasteiger partial charge is 0.488 e. The number of nitrogens with one attached hydrogen (secondary N) is 2. The van der Waals surface area contributed by atoms with Gasteiger partial charge < -0.3 is 25.0 Å². The lowest BCUT2D eigenvalue weighted by Crippen LogP contribution is -2.55. The maximum absolute atomic E-state index is 10.7. The molecule has 1 aliphatic heterocycles. The molecule has 1 aliphatic carbocycles. The summed E-state index contributed by atoms with van der Waals surface area (Å²) in [5, 5.41) is 12.4. The number of aromatic amines is 1. The number of hydrogen-bond donors (Lipinski definition) is 3. The fourth-order valence-corrected chi connectivity index (χ4v) is 3.24. The van der Waals surface area contributed by atoms with Crippen LogP contribution in [0.2, 0.25) is 0 Å². The Balaban J connectivity index is 1.62. The van der Waals surface area contributed by atoms with Crippen LogP contribution in [-0.4, -0.2) is 46.4 Å². The van der Waals surface area contributed by atoms with Gasteiger partial charge in [0.2, 0.25) is 0 Å². The number of ether oxygens (including phenoxy) is 1. The number of aromatic nitrogens is 2. The minimum Gasteiger partial charge on any atom is -0.488 e. The minimum atomic E-state index is -0.946. The Morgan fingerprint density at radius 2 is 2.38 bits per heavy atom. The van der Waals surface area contributed by atoms with E-state index in [0.29, 0.717) is 12.6 Å². The molecule has 110 valence electrons. The second-order valence-corrected chi connectivity index (χ2v) is 5.52. The number of carbonyl (C=O) groups is 1. The molecule has 1 saturated carbocycles. The van der Waals surface area contributed by atoms with Crippen molar-refractivity contribution in [1.82, 2.24) is 15.3 Å². The van der Waals surface area contributed by atoms with Crippen LogP contribution in [0.1, 0.15) is 12.8 Å². The van der Waals surface area contributed by atoms with Crippen molar-refractivity contribution in [2.75, 3.05) is 18.1 Å². The highest BCUT2D eigenvalue weighted by atomic mass is 16.5. The van der Waals surface area contributed by atoms with Gasteiger partial charge in [0.25, 0.3) is 0 Å². The van der Waals surface area contributed by atoms with Crippen LogP contribution in [0.4, 0.5) is 10.5 Å². The molecule has 7 heteroatoms. The van der Waals surface area contributed by atoms with Crippen molar-refractivity contribution >= 4 is 22.8 Å². The Kier molecular flexibility index (Phi) is 2.66. The van der Waals surface area contributed by atoms with Crippen LogP contribution in [0.3, 0.4) is 0 Å². The molecule has 0 atom stereocenters. The van der Waals surface area contributed by atoms with Crippen molar-refractivity contribution in [3.8, 4) is 5.75 Å². The number of fused-ring (bicyclic) bond motifs is 3. The molecule has 2 aromatic heterocycles. The van der Waals surface area contributed by atoms with Gasteiger partial charge in [0.1, 0.15) is 12.3 Å². The van der Waals surface area contributed by atoms with Crippen molar-refractivity contribution in [2.24, 2.45) is 0 Å². The predicted molar refractivity (Wildman–Crippen MR) is 76.9 cm³/mol. The van der Waals surface area contributed by atoms with Crippen LogP contribution in [0, 0.1) is 0 Å². The lowest BCUT2D eigenvalue weighted by molar-refractivity contribution is 0.175. The van der Waals surface area contributed by atoms with Crippen molar-refractivity contribution in [3.63, 3.8) is 0 Å². The van der Waals surface area contributed by atoms with E-state index in [2.05, 4.69) is 20.2 Å². The van der Waals surface area contributed by atoms with Crippen molar-refractivity contribution in [1.29, 1.82) is 0 Å². The SMILES string of the molecule is O=C(O)N[C@H]1C[C@@H](N2CCOc3cnc4[nH]ccc4c32)C1. The first-order chi connectivity index (χ1) is 10.2. The van der Waals surface area contributed by atoms with Gasteiger partial charge in [-0.1, -0.05) is 0 Å². The van der Waals surface area contributed by atoms with Crippen molar-refractivity contribution in [2.45, 2.75) is 24.9 Å². The summed E-state index contributed by atoms with van der Waals surface area (Å²) in [6.45, 7) is 1.46. The molecule has 0 unspecified atom stereocenters. The molecule has 0 spiro atoms. The predicted octanol–water partition coefficient (Wildman–Crippen LogP) is 1.56. The van der Waals surface area contributed by atoms with Crippen LogP contribution in [-0.2, 0) is 0 Å². The Labute approximate surface area is 120 Å². The molecule has 1 amide bonds. The Hall–Kier alpha value is -2.44. The lowest BCUT2D eigenvalue weighted by atomic mass is 9.85. The zero-order valence-electron chi connectivity index (χ0n) is 11.4. The first-order valence-corrected chi connectivity index (χ1v) is 7.07. The van der Waals surface area contributed by atoms with Gasteiger partial charge in [0.05, 0.1) is 18.4 Å². The second kappa shape index (κ2) is 4.54. The van der Waals surface area contributed by atoms with Crippen molar-refractivity contribution in [3.05, 3.63) is 18.5 Å². The van der Waals surface area contributed by atoms with Crippen LogP contribution < -0.4 is 15.0 Å². The van der Waals surface area contributed by atoms with E-state index in [1.165, 1.54) is 0 Å². The molecule has 2 aromatic rings. The topological polar surface area (TPSA) is 90.5 Å². The van der Waals surface area contributed by atoms with E-state index < -0.39 is 6.09 Å². The van der Waals surface area contributed by atoms with Gasteiger partial charge in [-0.2, -0.15) is 0 Å². The van der Waals surface area contributed by atoms with E-state index in [-0.39, 0.29) is 6.04 Å². The molecule has 0 bridgehead atoms. The molecular weight excluding hydrogens is 272 g/mol. The van der Waals surface area contributed by atoms with E-state index in [9.17, 15) is 4.79 Å². The van der Waals surface area contributed by atoms with Gasteiger partial charge in [0.15, 0.2) is 5.75 Å². The van der Waals surface area contributed by atoms with Gasteiger partial charge >= 0.3 is 6.09 Å². The summed E-state index contributed by atoms with van der Waals surface area (Å²) in [6, 6.07) is 2.42. The standard InChI is InChI=1S/C14H16N4O3/c19-14(20)17-8-5-9(6-8)18-3-4-21-11-7-16-13-10(12(11)18)1-2-15-13/h1-2,7-9,17H,3-6H2,(H,15,16)(H,19,20)/t8-,9+. The number of anilines is 1. The summed E-state index contributed by atoms with van der Waals surface area (Å²) in [7, 11) is 0. The van der Waals surface area contributed by atoms with Crippen LogP contribution >= 0.6 is 0 Å². The highest BCUT2D eigenvalue weighted by molar-refractivity contribution is 5.93. The minimum absolute atomic E-state index is 0.0577. The number of pyridine rings is 1. The monoisotopic (exact) mass is 288 g/mol. The fourth-order valence-electron chi connectivity index (χ4n) is 3.24. The van der Waals surface area contributed by atoms with E-state index in [1.54, 1.807) is 6.20 Å². The second-order valence-electron chi connectivity index (χ2n) is 5.52. The third-order valence-corrected chi connectivity index (χ3v) is 4.28. The number of amides is 1. The van der Waals surface area contributed by atoms with E-state index in [0.717, 1.165) is 41.9 Å². The molecule has 4 rings (SSSR count). The molecule has 2 aliphatic rings. The van der Waals surface area contributed by atoms with Gasteiger partial charge in [-0.05, 0) is 18.9 Å². The number of H-pyrrole nitrogens is 1. The molecule has 7 nitrogen and oxygen atoms in total. The average Bonchev–Trinajstić information content (AvgIpc) is 2.90. The molecule has 3 heterocycles. The summed E-state index contributed by atoms with van der Waals surface area (Å²) in [5.41, 5.74) is 1.93. The number of carboxylic acid groups (broad SMARTS) is 1. The Morgan fingerprint density at radius 3 is 3.19 bits per heavy atom. The van der Waals surface area contributed by atoms with Crippen LogP contribution in [0.15, 0.2) is 18.5 Å². The molecule has 3 N–H and O–H groups in total. The van der Waals surface area contributed by atoms with Gasteiger partial charge in [0, 0.05) is 23.7 Å². The third kappa shape index (κ3) is 1.96. The van der Waals surface area contributed by atoms with E-state index >= 15 is 0 Å². The number of nitrogens with zero attached hydrogens (tertiary/aromatic N) is 2. The van der Waals surface area contributed by atoms with E-state index in [4.69, 9.17) is 9.84 Å². The van der Waals surface area contributed by atoms with Gasteiger partial charge in [-0.25, -0.2) is 9.78 Å². The summed E-state index contributed by atoms with van der Waals surface area (Å²) in [4.78, 5) is 20.5. The molecule has 21 heavy (non-hydrogen) atoms. The Bertz CT molecular complexity index is 693. The van der Waals surface area contributed by atoms with E-state index in [1.807, 2.05) is 12.3 Å². The zero-order valence-corrected chi connectivity index (χ0v) is 11.4. The average molecular weight is 288 g/mol. The van der Waals surface area contributed by atoms with Crippen LogP contribution in [0.5, 0.6) is 5.75 Å². The number of hydrogen-bond acceptors (Lipinski definition) is 4. The molecular formula is C14H16N4O3. The fraction of sp³-hybridized carbons (Fsp3) is 0.429. The Morgan fingerprint density at radius 1 is 1.52 bits per heavy atom. The van der Waals surface area contributed by atoms with Gasteiger partial charge in [-0.15, -0.1) is 0 Å². The smallest absolute Gasteiger partial charge is 0.404 e. The zero-order chi connectivity index (χ0) is 14.4. The third-order valence-electron chi connectivity index (χ3n) is 4.28. The molecule has 1 fully saturated rings. The highest BCUT2D eigenvalue weighted by Crippen LogP contribution is 2.41. The molecule has 0 saturated heterocycles. The summed E-state index contributed by atoms with van der Waals surface area (Å²) in [5.74, 6) is 0.808. The number of rotatable bonds is 2. The quantitative estimate of drug-likeness (QED) is 0.780. The lowest BCUT2D eigenvalue weighted by Gasteiger charge is -2.45. The molecule has 0 radical (unpaired) electrons. The summed E-state index contributed by atoms with van der Waals surface area (Å²) in [6.07, 6.45) is 4.35. The first-order valence-electron chi connectivity index (χ1n) is 7.07. The normalized spacial score (nSPS) is 24.1. The summed E-state index contributed by atoms with van der Waals surface area (Å²) < 4.78 is 5.71. The first kappa shape index (κ1) is 12.3. The van der Waals surface area contributed by atoms with Crippen molar-refractivity contribution < 1.29 is 14.6 Å². The maximum Gasteiger partial charge on any atom is 0.404 e. The van der Waals surface area contributed by atoms with Crippen LogP contribution in [0.25, 0.3) is 11.0 Å². The van der Waals surface area contributed by atoms with Gasteiger partial charge in [-0.3, -0.25) is 0 Å².